The van der Waals surface area contributed by atoms with E-state index in [9.17, 15) is 18.0 Å². The average molecular weight is 711 g/mol. The molecule has 4 aromatic rings. The fraction of sp³-hybridized carbons (Fsp3) is 0.235. The quantitative estimate of drug-likeness (QED) is 0.158. The van der Waals surface area contributed by atoms with Crippen molar-refractivity contribution in [2.24, 2.45) is 0 Å². The summed E-state index contributed by atoms with van der Waals surface area (Å²) in [6, 6.07) is 29.1. The molecule has 45 heavy (non-hydrogen) atoms. The van der Waals surface area contributed by atoms with Crippen LogP contribution in [0.2, 0.25) is 0 Å². The number of carbonyl (C=O) groups excluding carboxylic acids is 2. The molecule has 0 aliphatic carbocycles. The van der Waals surface area contributed by atoms with Crippen LogP contribution in [0.15, 0.2) is 117 Å². The van der Waals surface area contributed by atoms with Crippen LogP contribution < -0.4 is 14.4 Å². The maximum absolute atomic E-state index is 14.4. The van der Waals surface area contributed by atoms with Crippen LogP contribution in [-0.4, -0.2) is 57.6 Å². The van der Waals surface area contributed by atoms with Gasteiger partial charge in [-0.3, -0.25) is 13.9 Å². The van der Waals surface area contributed by atoms with Crippen LogP contribution in [0.4, 0.5) is 5.69 Å². The number of nitrogens with one attached hydrogen (secondary N) is 1. The predicted molar refractivity (Wildman–Crippen MR) is 183 cm³/mol. The molecular formula is C34H36BrN3O5S2. The van der Waals surface area contributed by atoms with E-state index in [1.54, 1.807) is 36.4 Å². The number of rotatable bonds is 14. The molecule has 1 atom stereocenters. The van der Waals surface area contributed by atoms with Gasteiger partial charge >= 0.3 is 0 Å². The summed E-state index contributed by atoms with van der Waals surface area (Å²) < 4.78 is 35.9. The minimum atomic E-state index is -4.20. The number of likely N-dealkylation sites (N-methyl/N-ethyl adjacent to an activating group) is 1. The number of hydrogen-bond donors (Lipinski definition) is 1. The molecule has 0 spiro atoms. The molecule has 2 amide bonds. The summed E-state index contributed by atoms with van der Waals surface area (Å²) in [4.78, 5) is 30.2. The summed E-state index contributed by atoms with van der Waals surface area (Å²) in [5.74, 6) is -0.309. The predicted octanol–water partition coefficient (Wildman–Crippen LogP) is 6.15. The van der Waals surface area contributed by atoms with E-state index in [0.717, 1.165) is 24.8 Å². The largest absolute Gasteiger partial charge is 0.494 e. The Balaban J connectivity index is 1.78. The van der Waals surface area contributed by atoms with Crippen molar-refractivity contribution < 1.29 is 22.7 Å². The van der Waals surface area contributed by atoms with Gasteiger partial charge in [0.1, 0.15) is 18.3 Å². The lowest BCUT2D eigenvalue weighted by Crippen LogP contribution is -2.53. The van der Waals surface area contributed by atoms with Crippen molar-refractivity contribution in [1.82, 2.24) is 10.2 Å². The lowest BCUT2D eigenvalue weighted by molar-refractivity contribution is -0.139. The fourth-order valence-electron chi connectivity index (χ4n) is 4.83. The molecule has 8 nitrogen and oxygen atoms in total. The second-order valence-corrected chi connectivity index (χ2v) is 13.7. The van der Waals surface area contributed by atoms with E-state index < -0.39 is 28.5 Å². The van der Waals surface area contributed by atoms with Crippen LogP contribution in [0.25, 0.3) is 0 Å². The van der Waals surface area contributed by atoms with E-state index in [1.807, 2.05) is 67.8 Å². The number of nitrogens with zero attached hydrogens (tertiary/aromatic N) is 2. The van der Waals surface area contributed by atoms with E-state index >= 15 is 0 Å². The Hall–Kier alpha value is -3.80. The SMILES string of the molecule is CCOc1ccc(N(CC(=O)N(Cc2cccc(Br)c2)C(Cc2ccccc2)C(=O)NC)S(=O)(=O)c2ccc(SC)cc2)cc1. The second kappa shape index (κ2) is 16.0. The maximum atomic E-state index is 14.4. The van der Waals surface area contributed by atoms with Crippen molar-refractivity contribution in [3.63, 3.8) is 0 Å². The number of anilines is 1. The van der Waals surface area contributed by atoms with Gasteiger partial charge in [-0.05, 0) is 85.0 Å². The van der Waals surface area contributed by atoms with Gasteiger partial charge in [0.15, 0.2) is 0 Å². The Bertz CT molecular complexity index is 1690. The van der Waals surface area contributed by atoms with Gasteiger partial charge in [-0.25, -0.2) is 8.42 Å². The summed E-state index contributed by atoms with van der Waals surface area (Å²) in [6.07, 6.45) is 2.15. The van der Waals surface area contributed by atoms with Crippen LogP contribution in [0.3, 0.4) is 0 Å². The molecule has 4 rings (SSSR count). The Labute approximate surface area is 278 Å². The summed E-state index contributed by atoms with van der Waals surface area (Å²) in [7, 11) is -2.67. The lowest BCUT2D eigenvalue weighted by atomic mass is 10.0. The van der Waals surface area contributed by atoms with Gasteiger partial charge in [0.2, 0.25) is 11.8 Å². The van der Waals surface area contributed by atoms with Crippen LogP contribution in [-0.2, 0) is 32.6 Å². The average Bonchev–Trinajstić information content (AvgIpc) is 3.06. The molecule has 0 fully saturated rings. The number of ether oxygens (including phenoxy) is 1. The number of benzene rings is 4. The van der Waals surface area contributed by atoms with Crippen molar-refractivity contribution in [2.75, 3.05) is 30.8 Å². The molecule has 0 heterocycles. The fourth-order valence-corrected chi connectivity index (χ4v) is 7.10. The molecule has 1 unspecified atom stereocenters. The number of sulfonamides is 1. The normalized spacial score (nSPS) is 11.8. The van der Waals surface area contributed by atoms with E-state index in [2.05, 4.69) is 21.2 Å². The van der Waals surface area contributed by atoms with Crippen LogP contribution >= 0.6 is 27.7 Å². The van der Waals surface area contributed by atoms with Gasteiger partial charge in [0.05, 0.1) is 17.2 Å². The van der Waals surface area contributed by atoms with Crippen LogP contribution in [0, 0.1) is 0 Å². The Morgan fingerprint density at radius 1 is 0.911 bits per heavy atom. The summed E-state index contributed by atoms with van der Waals surface area (Å²) >= 11 is 4.99. The first-order chi connectivity index (χ1) is 21.7. The first-order valence-electron chi connectivity index (χ1n) is 14.3. The summed E-state index contributed by atoms with van der Waals surface area (Å²) in [5, 5.41) is 2.70. The molecule has 0 radical (unpaired) electrons. The number of thioether (sulfide) groups is 1. The van der Waals surface area contributed by atoms with Crippen LogP contribution in [0.1, 0.15) is 18.1 Å². The number of halogens is 1. The molecule has 0 aliphatic rings. The zero-order valence-corrected chi connectivity index (χ0v) is 28.6. The highest BCUT2D eigenvalue weighted by atomic mass is 79.9. The topological polar surface area (TPSA) is 96.0 Å². The third-order valence-electron chi connectivity index (χ3n) is 7.12. The maximum Gasteiger partial charge on any atom is 0.264 e. The van der Waals surface area contributed by atoms with Gasteiger partial charge in [0, 0.05) is 29.4 Å². The lowest BCUT2D eigenvalue weighted by Gasteiger charge is -2.33. The number of carbonyl (C=O) groups is 2. The molecule has 0 bridgehead atoms. The van der Waals surface area contributed by atoms with Crippen molar-refractivity contribution in [1.29, 1.82) is 0 Å². The molecule has 11 heteroatoms. The van der Waals surface area contributed by atoms with Crippen LogP contribution in [0.5, 0.6) is 5.75 Å². The molecule has 4 aromatic carbocycles. The summed E-state index contributed by atoms with van der Waals surface area (Å²) in [5.41, 5.74) is 1.94. The standard InChI is InChI=1S/C34H36BrN3O5S2/c1-4-43-29-15-13-28(14-16-29)38(45(41,42)31-19-17-30(44-3)18-20-31)24-33(39)37(23-26-11-8-12-27(35)21-26)32(34(40)36-2)22-25-9-6-5-7-10-25/h5-21,32H,4,22-24H2,1-3H3,(H,36,40). The molecule has 0 saturated carbocycles. The zero-order chi connectivity index (χ0) is 32.4. The highest BCUT2D eigenvalue weighted by Gasteiger charge is 2.34. The van der Waals surface area contributed by atoms with Crippen molar-refractivity contribution in [3.8, 4) is 5.75 Å². The van der Waals surface area contributed by atoms with E-state index in [0.29, 0.717) is 18.0 Å². The van der Waals surface area contributed by atoms with Crippen molar-refractivity contribution in [3.05, 3.63) is 119 Å². The minimum Gasteiger partial charge on any atom is -0.494 e. The van der Waals surface area contributed by atoms with Gasteiger partial charge in [0.25, 0.3) is 10.0 Å². The van der Waals surface area contributed by atoms with E-state index in [4.69, 9.17) is 4.74 Å². The van der Waals surface area contributed by atoms with E-state index in [-0.39, 0.29) is 23.8 Å². The first-order valence-corrected chi connectivity index (χ1v) is 17.8. The highest BCUT2D eigenvalue weighted by Crippen LogP contribution is 2.28. The third-order valence-corrected chi connectivity index (χ3v) is 10.1. The number of amides is 2. The number of hydrogen-bond acceptors (Lipinski definition) is 6. The first kappa shape index (κ1) is 34.1. The molecule has 0 aliphatic heterocycles. The monoisotopic (exact) mass is 709 g/mol. The van der Waals surface area contributed by atoms with Gasteiger partial charge in [-0.15, -0.1) is 11.8 Å². The van der Waals surface area contributed by atoms with Gasteiger partial charge in [-0.2, -0.15) is 0 Å². The Kier molecular flexibility index (Phi) is 12.1. The molecule has 236 valence electrons. The van der Waals surface area contributed by atoms with Gasteiger partial charge in [-0.1, -0.05) is 58.4 Å². The molecule has 1 N–H and O–H groups in total. The molecular weight excluding hydrogens is 674 g/mol. The molecule has 0 aromatic heterocycles. The van der Waals surface area contributed by atoms with Gasteiger partial charge < -0.3 is 15.0 Å². The summed E-state index contributed by atoms with van der Waals surface area (Å²) in [6.45, 7) is 1.87. The second-order valence-electron chi connectivity index (χ2n) is 10.1. The third kappa shape index (κ3) is 8.90. The smallest absolute Gasteiger partial charge is 0.264 e. The zero-order valence-electron chi connectivity index (χ0n) is 25.4. The Morgan fingerprint density at radius 2 is 1.58 bits per heavy atom. The van der Waals surface area contributed by atoms with Crippen molar-refractivity contribution >= 4 is 55.2 Å². The minimum absolute atomic E-state index is 0.0488. The van der Waals surface area contributed by atoms with Crippen molar-refractivity contribution in [2.45, 2.75) is 35.7 Å². The Morgan fingerprint density at radius 3 is 2.18 bits per heavy atom. The highest BCUT2D eigenvalue weighted by molar-refractivity contribution is 9.10. The molecule has 0 saturated heterocycles. The van der Waals surface area contributed by atoms with E-state index in [1.165, 1.54) is 35.8 Å².